The summed E-state index contributed by atoms with van der Waals surface area (Å²) in [5.41, 5.74) is -4.06. The van der Waals surface area contributed by atoms with Gasteiger partial charge in [0.05, 0.1) is 0 Å². The van der Waals surface area contributed by atoms with Crippen LogP contribution in [-0.4, -0.2) is 62.1 Å². The number of nitrogens with one attached hydrogen (secondary N) is 1. The van der Waals surface area contributed by atoms with E-state index in [4.69, 9.17) is 18.8 Å². The van der Waals surface area contributed by atoms with Crippen molar-refractivity contribution in [1.29, 1.82) is 0 Å². The Labute approximate surface area is 224 Å². The van der Waals surface area contributed by atoms with Gasteiger partial charge in [0.2, 0.25) is 0 Å². The van der Waals surface area contributed by atoms with Gasteiger partial charge < -0.3 is 19.4 Å². The second-order valence-corrected chi connectivity index (χ2v) is 10.8. The number of hydrogen-bond donors (Lipinski definition) is 2. The summed E-state index contributed by atoms with van der Waals surface area (Å²) in [6, 6.07) is 8.30. The first-order chi connectivity index (χ1) is 18.6. The molecule has 0 spiro atoms. The van der Waals surface area contributed by atoms with Crippen LogP contribution in [0.1, 0.15) is 52.2 Å². The minimum atomic E-state index is -2.88. The predicted octanol–water partition coefficient (Wildman–Crippen LogP) is 2.76. The van der Waals surface area contributed by atoms with E-state index in [0.29, 0.717) is 5.75 Å². The fourth-order valence-corrected chi connectivity index (χ4v) is 5.65. The zero-order chi connectivity index (χ0) is 28.2. The van der Waals surface area contributed by atoms with Crippen molar-refractivity contribution in [2.75, 3.05) is 6.61 Å². The van der Waals surface area contributed by atoms with Crippen molar-refractivity contribution in [2.24, 2.45) is 0 Å². The highest BCUT2D eigenvalue weighted by atomic mass is 31.1. The lowest BCUT2D eigenvalue weighted by Crippen LogP contribution is -2.44. The number of ether oxygens (including phenoxy) is 2. The number of H-pyrrole nitrogens is 1. The SMILES string of the molecule is CCC(C(=O)OC1CCCC1)N(Oc1ccccc1)[P+](=O)OC[C@H]1O[C@@H](n2ccc(=O)[nH]c2=O)[C@](C)(F)[C@@H]1O. The van der Waals surface area contributed by atoms with Gasteiger partial charge in [-0.25, -0.2) is 9.18 Å². The molecule has 1 aliphatic carbocycles. The molecule has 212 valence electrons. The van der Waals surface area contributed by atoms with Crippen LogP contribution in [0.4, 0.5) is 4.39 Å². The molecular weight excluding hydrogens is 536 g/mol. The molecule has 14 heteroatoms. The Morgan fingerprint density at radius 3 is 2.62 bits per heavy atom. The summed E-state index contributed by atoms with van der Waals surface area (Å²) in [7, 11) is -2.88. The molecule has 0 bridgehead atoms. The molecule has 0 radical (unpaired) electrons. The molecule has 2 aliphatic rings. The van der Waals surface area contributed by atoms with Crippen LogP contribution >= 0.6 is 8.18 Å². The number of hydrogen-bond acceptors (Lipinski definition) is 9. The average molecular weight is 569 g/mol. The van der Waals surface area contributed by atoms with Crippen LogP contribution in [0.25, 0.3) is 0 Å². The van der Waals surface area contributed by atoms with E-state index in [1.54, 1.807) is 37.3 Å². The average Bonchev–Trinajstić information content (AvgIpc) is 3.49. The third-order valence-corrected chi connectivity index (χ3v) is 7.84. The second-order valence-electron chi connectivity index (χ2n) is 9.65. The number of esters is 1. The van der Waals surface area contributed by atoms with E-state index in [2.05, 4.69) is 0 Å². The maximum atomic E-state index is 15.5. The molecule has 2 N–H and O–H groups in total. The van der Waals surface area contributed by atoms with Crippen molar-refractivity contribution < 1.29 is 37.7 Å². The number of nitrogens with zero attached hydrogens (tertiary/aromatic N) is 2. The molecule has 1 aromatic heterocycles. The lowest BCUT2D eigenvalue weighted by molar-refractivity contribution is -0.161. The van der Waals surface area contributed by atoms with E-state index in [1.807, 2.05) is 4.98 Å². The summed E-state index contributed by atoms with van der Waals surface area (Å²) in [6.45, 7) is 2.18. The highest BCUT2D eigenvalue weighted by Gasteiger charge is 2.56. The second kappa shape index (κ2) is 12.5. The number of carbonyl (C=O) groups excluding carboxylic acids is 1. The summed E-state index contributed by atoms with van der Waals surface area (Å²) in [4.78, 5) is 45.3. The van der Waals surface area contributed by atoms with Crippen molar-refractivity contribution >= 4 is 14.1 Å². The quantitative estimate of drug-likeness (QED) is 0.235. The number of aromatic amines is 1. The third-order valence-electron chi connectivity index (χ3n) is 6.78. The lowest BCUT2D eigenvalue weighted by Gasteiger charge is -2.24. The fraction of sp³-hybridized carbons (Fsp3) is 0.560. The molecule has 12 nitrogen and oxygen atoms in total. The Hall–Kier alpha value is -2.96. The van der Waals surface area contributed by atoms with Gasteiger partial charge in [-0.3, -0.25) is 19.1 Å². The van der Waals surface area contributed by atoms with Crippen molar-refractivity contribution in [3.05, 3.63) is 63.4 Å². The lowest BCUT2D eigenvalue weighted by atomic mass is 9.98. The van der Waals surface area contributed by atoms with Gasteiger partial charge in [0.1, 0.15) is 29.8 Å². The zero-order valence-electron chi connectivity index (χ0n) is 21.6. The Bertz CT molecular complexity index is 1270. The van der Waals surface area contributed by atoms with Gasteiger partial charge in [0.15, 0.2) is 23.7 Å². The third kappa shape index (κ3) is 6.62. The number of alkyl halides is 1. The first-order valence-corrected chi connectivity index (χ1v) is 13.9. The van der Waals surface area contributed by atoms with E-state index in [0.717, 1.165) is 54.3 Å². The van der Waals surface area contributed by atoms with Crippen LogP contribution in [0.2, 0.25) is 0 Å². The summed E-state index contributed by atoms with van der Waals surface area (Å²) < 4.78 is 46.3. The molecule has 2 heterocycles. The maximum absolute atomic E-state index is 15.5. The molecule has 1 aromatic carbocycles. The zero-order valence-corrected chi connectivity index (χ0v) is 22.5. The standard InChI is InChI=1S/C25H31FN3O9P/c1-3-18(22(32)36-16-9-7-8-10-16)29(38-17-11-5-4-6-12-17)39(34)35-15-19-21(31)25(2,26)23(37-19)28-14-13-20(30)27-24(28)33/h4-6,11-14,16,18-19,21,23,31H,3,7-10,15H2,1-2H3/p+1/t18?,19-,21-,23-,25-/m1/s1. The monoisotopic (exact) mass is 568 g/mol. The topological polar surface area (TPSA) is 149 Å². The van der Waals surface area contributed by atoms with Crippen LogP contribution in [0.15, 0.2) is 52.2 Å². The van der Waals surface area contributed by atoms with E-state index < -0.39 is 62.2 Å². The normalized spacial score (nSPS) is 26.5. The van der Waals surface area contributed by atoms with Gasteiger partial charge in [-0.05, 0) is 55.7 Å². The summed E-state index contributed by atoms with van der Waals surface area (Å²) >= 11 is 0. The Balaban J connectivity index is 1.49. The number of aromatic nitrogens is 2. The number of hydroxylamine groups is 1. The molecule has 0 amide bonds. The summed E-state index contributed by atoms with van der Waals surface area (Å²) in [5.74, 6) is -0.319. The molecule has 1 aliphatic heterocycles. The van der Waals surface area contributed by atoms with Gasteiger partial charge in [-0.2, -0.15) is 0 Å². The maximum Gasteiger partial charge on any atom is 0.653 e. The Morgan fingerprint density at radius 2 is 1.97 bits per heavy atom. The van der Waals surface area contributed by atoms with Gasteiger partial charge >= 0.3 is 19.8 Å². The molecule has 1 saturated heterocycles. The number of aliphatic hydroxyl groups excluding tert-OH is 1. The minimum Gasteiger partial charge on any atom is -0.461 e. The predicted molar refractivity (Wildman–Crippen MR) is 136 cm³/mol. The molecule has 6 atom stereocenters. The molecule has 2 aromatic rings. The number of halogens is 1. The van der Waals surface area contributed by atoms with Crippen molar-refractivity contribution in [3.8, 4) is 5.75 Å². The first kappa shape index (κ1) is 29.0. The molecule has 2 fully saturated rings. The first-order valence-electron chi connectivity index (χ1n) is 12.8. The van der Waals surface area contributed by atoms with Crippen LogP contribution in [-0.2, 0) is 23.4 Å². The molecular formula is C25H32FN3O9P+. The molecule has 1 saturated carbocycles. The van der Waals surface area contributed by atoms with Crippen LogP contribution < -0.4 is 16.1 Å². The smallest absolute Gasteiger partial charge is 0.461 e. The number of para-hydroxylation sites is 1. The Kier molecular flexibility index (Phi) is 9.29. The van der Waals surface area contributed by atoms with Crippen LogP contribution in [0.5, 0.6) is 5.75 Å². The molecule has 4 rings (SSSR count). The van der Waals surface area contributed by atoms with Gasteiger partial charge in [-0.1, -0.05) is 25.1 Å². The van der Waals surface area contributed by atoms with Crippen LogP contribution in [0, 0.1) is 0 Å². The van der Waals surface area contributed by atoms with Crippen molar-refractivity contribution in [1.82, 2.24) is 14.4 Å². The number of benzene rings is 1. The van der Waals surface area contributed by atoms with Gasteiger partial charge in [-0.15, -0.1) is 4.52 Å². The minimum absolute atomic E-state index is 0.186. The van der Waals surface area contributed by atoms with Gasteiger partial charge in [0, 0.05) is 12.3 Å². The highest BCUT2D eigenvalue weighted by molar-refractivity contribution is 7.36. The summed E-state index contributed by atoms with van der Waals surface area (Å²) in [6.07, 6.45) is -0.270. The number of aliphatic hydroxyl groups is 1. The Morgan fingerprint density at radius 1 is 1.28 bits per heavy atom. The van der Waals surface area contributed by atoms with E-state index in [-0.39, 0.29) is 12.5 Å². The fourth-order valence-electron chi connectivity index (χ4n) is 4.62. The van der Waals surface area contributed by atoms with Crippen molar-refractivity contribution in [2.45, 2.75) is 82.2 Å². The number of rotatable bonds is 11. The molecule has 2 unspecified atom stereocenters. The highest BCUT2D eigenvalue weighted by Crippen LogP contribution is 2.42. The molecule has 39 heavy (non-hydrogen) atoms. The number of carbonyl (C=O) groups is 1. The van der Waals surface area contributed by atoms with Crippen LogP contribution in [0.3, 0.4) is 0 Å². The van der Waals surface area contributed by atoms with Gasteiger partial charge in [0.25, 0.3) is 5.56 Å². The largest absolute Gasteiger partial charge is 0.653 e. The van der Waals surface area contributed by atoms with E-state index in [1.165, 1.54) is 0 Å². The summed E-state index contributed by atoms with van der Waals surface area (Å²) in [5, 5.41) is 10.6. The van der Waals surface area contributed by atoms with Crippen molar-refractivity contribution in [3.63, 3.8) is 0 Å². The van der Waals surface area contributed by atoms with E-state index in [9.17, 15) is 24.1 Å². The van der Waals surface area contributed by atoms with E-state index >= 15 is 4.39 Å².